The Morgan fingerprint density at radius 1 is 1.32 bits per heavy atom. The molecule has 5 nitrogen and oxygen atoms in total. The first-order valence-corrected chi connectivity index (χ1v) is 8.00. The summed E-state index contributed by atoms with van der Waals surface area (Å²) in [5.74, 6) is -0.272. The van der Waals surface area contributed by atoms with Crippen molar-refractivity contribution < 1.29 is 14.3 Å². The first-order valence-electron chi connectivity index (χ1n) is 7.20. The number of carbonyl (C=O) groups excluding carboxylic acids is 2. The van der Waals surface area contributed by atoms with Crippen LogP contribution in [0, 0.1) is 12.8 Å². The SMILES string of the molecule is Cc1ccc(Br)c(NC(=O)C2CN(C(=O)OC(C)(C)C)C2)c1. The molecule has 0 bridgehead atoms. The summed E-state index contributed by atoms with van der Waals surface area (Å²) in [6, 6.07) is 5.78. The second-order valence-electron chi connectivity index (χ2n) is 6.55. The maximum atomic E-state index is 12.2. The Balaban J connectivity index is 1.87. The standard InChI is InChI=1S/C16H21BrN2O3/c1-10-5-6-12(17)13(7-10)18-14(20)11-8-19(9-11)15(21)22-16(2,3)4/h5-7,11H,8-9H2,1-4H3,(H,18,20). The van der Waals surface area contributed by atoms with Crippen LogP contribution in [0.1, 0.15) is 26.3 Å². The molecular weight excluding hydrogens is 348 g/mol. The number of halogens is 1. The van der Waals surface area contributed by atoms with Crippen LogP contribution in [0.5, 0.6) is 0 Å². The van der Waals surface area contributed by atoms with E-state index in [0.717, 1.165) is 15.7 Å². The van der Waals surface area contributed by atoms with E-state index in [-0.39, 0.29) is 17.9 Å². The van der Waals surface area contributed by atoms with E-state index in [0.29, 0.717) is 13.1 Å². The predicted octanol–water partition coefficient (Wildman–Crippen LogP) is 3.56. The highest BCUT2D eigenvalue weighted by atomic mass is 79.9. The summed E-state index contributed by atoms with van der Waals surface area (Å²) < 4.78 is 6.11. The lowest BCUT2D eigenvalue weighted by Gasteiger charge is -2.38. The Bertz CT molecular complexity index is 590. The lowest BCUT2D eigenvalue weighted by molar-refractivity contribution is -0.124. The maximum absolute atomic E-state index is 12.2. The van der Waals surface area contributed by atoms with Crippen LogP contribution < -0.4 is 5.32 Å². The molecule has 2 rings (SSSR count). The fourth-order valence-electron chi connectivity index (χ4n) is 2.09. The Labute approximate surface area is 139 Å². The number of hydrogen-bond acceptors (Lipinski definition) is 3. The molecule has 0 radical (unpaired) electrons. The van der Waals surface area contributed by atoms with Gasteiger partial charge >= 0.3 is 6.09 Å². The van der Waals surface area contributed by atoms with Gasteiger partial charge in [-0.2, -0.15) is 0 Å². The molecule has 1 N–H and O–H groups in total. The molecule has 6 heteroatoms. The molecular formula is C16H21BrN2O3. The van der Waals surface area contributed by atoms with E-state index in [1.807, 2.05) is 45.9 Å². The minimum Gasteiger partial charge on any atom is -0.444 e. The third kappa shape index (κ3) is 4.22. The summed E-state index contributed by atoms with van der Waals surface area (Å²) >= 11 is 3.42. The molecule has 1 aliphatic rings. The molecule has 0 unspecified atom stereocenters. The zero-order chi connectivity index (χ0) is 16.5. The Morgan fingerprint density at radius 3 is 2.55 bits per heavy atom. The highest BCUT2D eigenvalue weighted by Gasteiger charge is 2.37. The van der Waals surface area contributed by atoms with Crippen molar-refractivity contribution in [2.75, 3.05) is 18.4 Å². The maximum Gasteiger partial charge on any atom is 0.410 e. The molecule has 2 amide bonds. The zero-order valence-corrected chi connectivity index (χ0v) is 14.9. The summed E-state index contributed by atoms with van der Waals surface area (Å²) in [6.07, 6.45) is -0.367. The van der Waals surface area contributed by atoms with Crippen molar-refractivity contribution in [3.8, 4) is 0 Å². The lowest BCUT2D eigenvalue weighted by atomic mass is 9.99. The average molecular weight is 369 g/mol. The first-order chi connectivity index (χ1) is 10.2. The minimum atomic E-state index is -0.517. The van der Waals surface area contributed by atoms with Crippen LogP contribution >= 0.6 is 15.9 Å². The van der Waals surface area contributed by atoms with Crippen molar-refractivity contribution in [3.63, 3.8) is 0 Å². The van der Waals surface area contributed by atoms with Gasteiger partial charge in [0.1, 0.15) is 5.60 Å². The monoisotopic (exact) mass is 368 g/mol. The van der Waals surface area contributed by atoms with Crippen LogP contribution in [0.4, 0.5) is 10.5 Å². The molecule has 1 fully saturated rings. The molecule has 22 heavy (non-hydrogen) atoms. The Kier molecular flexibility index (Phi) is 4.80. The number of ether oxygens (including phenoxy) is 1. The van der Waals surface area contributed by atoms with Gasteiger partial charge < -0.3 is 15.0 Å². The van der Waals surface area contributed by atoms with Gasteiger partial charge in [-0.05, 0) is 61.3 Å². The Hall–Kier alpha value is -1.56. The molecule has 0 spiro atoms. The number of benzene rings is 1. The van der Waals surface area contributed by atoms with Crippen molar-refractivity contribution in [2.45, 2.75) is 33.3 Å². The van der Waals surface area contributed by atoms with Gasteiger partial charge in [-0.15, -0.1) is 0 Å². The average Bonchev–Trinajstić information content (AvgIpc) is 2.29. The van der Waals surface area contributed by atoms with E-state index in [1.54, 1.807) is 4.90 Å². The highest BCUT2D eigenvalue weighted by Crippen LogP contribution is 2.26. The smallest absolute Gasteiger partial charge is 0.410 e. The van der Waals surface area contributed by atoms with E-state index in [2.05, 4.69) is 21.2 Å². The minimum absolute atomic E-state index is 0.0777. The van der Waals surface area contributed by atoms with Gasteiger partial charge in [-0.1, -0.05) is 6.07 Å². The van der Waals surface area contributed by atoms with Crippen molar-refractivity contribution >= 4 is 33.6 Å². The van der Waals surface area contributed by atoms with Crippen LogP contribution in [0.25, 0.3) is 0 Å². The van der Waals surface area contributed by atoms with E-state index in [9.17, 15) is 9.59 Å². The quantitative estimate of drug-likeness (QED) is 0.867. The number of amides is 2. The van der Waals surface area contributed by atoms with E-state index < -0.39 is 5.60 Å². The van der Waals surface area contributed by atoms with Crippen molar-refractivity contribution in [1.82, 2.24) is 4.90 Å². The number of anilines is 1. The van der Waals surface area contributed by atoms with Gasteiger partial charge in [-0.3, -0.25) is 4.79 Å². The number of nitrogens with one attached hydrogen (secondary N) is 1. The highest BCUT2D eigenvalue weighted by molar-refractivity contribution is 9.10. The number of hydrogen-bond donors (Lipinski definition) is 1. The fraction of sp³-hybridized carbons (Fsp3) is 0.500. The molecule has 1 heterocycles. The van der Waals surface area contributed by atoms with Gasteiger partial charge in [0.25, 0.3) is 0 Å². The zero-order valence-electron chi connectivity index (χ0n) is 13.3. The second kappa shape index (κ2) is 6.28. The molecule has 1 aromatic carbocycles. The number of nitrogens with zero attached hydrogens (tertiary/aromatic N) is 1. The summed E-state index contributed by atoms with van der Waals surface area (Å²) in [6.45, 7) is 8.22. The van der Waals surface area contributed by atoms with Crippen molar-refractivity contribution in [1.29, 1.82) is 0 Å². The summed E-state index contributed by atoms with van der Waals surface area (Å²) in [7, 11) is 0. The molecule has 1 saturated heterocycles. The van der Waals surface area contributed by atoms with E-state index in [4.69, 9.17) is 4.74 Å². The van der Waals surface area contributed by atoms with Crippen LogP contribution in [-0.4, -0.2) is 35.6 Å². The summed E-state index contributed by atoms with van der Waals surface area (Å²) in [5.41, 5.74) is 1.31. The molecule has 1 aliphatic heterocycles. The van der Waals surface area contributed by atoms with Gasteiger partial charge in [0.2, 0.25) is 5.91 Å². The number of likely N-dealkylation sites (tertiary alicyclic amines) is 1. The van der Waals surface area contributed by atoms with Crippen LogP contribution in [0.2, 0.25) is 0 Å². The largest absolute Gasteiger partial charge is 0.444 e. The molecule has 0 saturated carbocycles. The molecule has 0 aliphatic carbocycles. The van der Waals surface area contributed by atoms with Crippen LogP contribution in [0.3, 0.4) is 0 Å². The lowest BCUT2D eigenvalue weighted by Crippen LogP contribution is -2.55. The van der Waals surface area contributed by atoms with Crippen LogP contribution in [0.15, 0.2) is 22.7 Å². The predicted molar refractivity (Wildman–Crippen MR) is 88.8 cm³/mol. The van der Waals surface area contributed by atoms with E-state index in [1.165, 1.54) is 0 Å². The molecule has 0 aromatic heterocycles. The number of rotatable bonds is 2. The molecule has 1 aromatic rings. The number of carbonyl (C=O) groups is 2. The summed E-state index contributed by atoms with van der Waals surface area (Å²) in [5, 5.41) is 2.90. The summed E-state index contributed by atoms with van der Waals surface area (Å²) in [4.78, 5) is 25.6. The van der Waals surface area contributed by atoms with Gasteiger partial charge in [0.05, 0.1) is 11.6 Å². The molecule has 120 valence electrons. The van der Waals surface area contributed by atoms with Crippen molar-refractivity contribution in [3.05, 3.63) is 28.2 Å². The Morgan fingerprint density at radius 2 is 1.95 bits per heavy atom. The topological polar surface area (TPSA) is 58.6 Å². The van der Waals surface area contributed by atoms with Crippen LogP contribution in [-0.2, 0) is 9.53 Å². The van der Waals surface area contributed by atoms with Crippen molar-refractivity contribution in [2.24, 2.45) is 5.92 Å². The van der Waals surface area contributed by atoms with Gasteiger partial charge in [-0.25, -0.2) is 4.79 Å². The molecule has 0 atom stereocenters. The van der Waals surface area contributed by atoms with Gasteiger partial charge in [0.15, 0.2) is 0 Å². The first kappa shape index (κ1) is 16.8. The normalized spacial score (nSPS) is 15.2. The van der Waals surface area contributed by atoms with E-state index >= 15 is 0 Å². The third-order valence-corrected chi connectivity index (χ3v) is 3.98. The van der Waals surface area contributed by atoms with Gasteiger partial charge in [0, 0.05) is 17.6 Å². The second-order valence-corrected chi connectivity index (χ2v) is 7.41. The third-order valence-electron chi connectivity index (χ3n) is 3.28. The fourth-order valence-corrected chi connectivity index (χ4v) is 2.44. The number of aryl methyl sites for hydroxylation is 1.